The Bertz CT molecular complexity index is 371. The number of thiophene rings is 1. The summed E-state index contributed by atoms with van der Waals surface area (Å²) in [4.78, 5) is 12.2. The average molecular weight is 273 g/mol. The molecule has 0 aliphatic heterocycles. The third-order valence-corrected chi connectivity index (χ3v) is 3.47. The van der Waals surface area contributed by atoms with Gasteiger partial charge in [-0.05, 0) is 40.9 Å². The predicted octanol–water partition coefficient (Wildman–Crippen LogP) is 2.37. The number of rotatable bonds is 3. The van der Waals surface area contributed by atoms with Crippen LogP contribution in [0.25, 0.3) is 0 Å². The lowest BCUT2D eigenvalue weighted by Crippen LogP contribution is -2.18. The van der Waals surface area contributed by atoms with E-state index in [1.54, 1.807) is 17.6 Å². The van der Waals surface area contributed by atoms with Gasteiger partial charge in [0.2, 0.25) is 5.91 Å². The van der Waals surface area contributed by atoms with Gasteiger partial charge in [0.15, 0.2) is 0 Å². The highest BCUT2D eigenvalue weighted by atomic mass is 79.9. The monoisotopic (exact) mass is 272 g/mol. The molecule has 3 nitrogen and oxygen atoms in total. The maximum Gasteiger partial charge on any atom is 0.243 e. The van der Waals surface area contributed by atoms with Gasteiger partial charge in [-0.15, -0.1) is 11.3 Å². The van der Waals surface area contributed by atoms with Crippen molar-refractivity contribution in [3.05, 3.63) is 20.8 Å². The summed E-state index contributed by atoms with van der Waals surface area (Å²) in [5.74, 6) is 0.249. The predicted molar refractivity (Wildman–Crippen MR) is 60.5 cm³/mol. The lowest BCUT2D eigenvalue weighted by molar-refractivity contribution is -0.122. The number of hydrogen-bond donors (Lipinski definition) is 1. The Morgan fingerprint density at radius 3 is 3.00 bits per heavy atom. The number of hydrazone groups is 1. The molecule has 0 radical (unpaired) electrons. The molecule has 1 amide bonds. The molecule has 14 heavy (non-hydrogen) atoms. The van der Waals surface area contributed by atoms with E-state index in [-0.39, 0.29) is 11.8 Å². The Labute approximate surface area is 94.3 Å². The van der Waals surface area contributed by atoms with Crippen LogP contribution in [0.4, 0.5) is 0 Å². The van der Waals surface area contributed by atoms with Gasteiger partial charge in [0, 0.05) is 10.8 Å². The van der Waals surface area contributed by atoms with Crippen molar-refractivity contribution in [1.29, 1.82) is 0 Å². The molecule has 1 saturated carbocycles. The number of amides is 1. The van der Waals surface area contributed by atoms with Crippen molar-refractivity contribution in [2.24, 2.45) is 11.0 Å². The Hall–Kier alpha value is -0.680. The van der Waals surface area contributed by atoms with Crippen LogP contribution in [-0.2, 0) is 4.79 Å². The second-order valence-corrected chi connectivity index (χ2v) is 5.64. The molecular formula is C9H9BrN2OS. The number of halogens is 1. The largest absolute Gasteiger partial charge is 0.273 e. The van der Waals surface area contributed by atoms with E-state index < -0.39 is 0 Å². The summed E-state index contributed by atoms with van der Waals surface area (Å²) in [7, 11) is 0. The highest BCUT2D eigenvalue weighted by Crippen LogP contribution is 2.28. The zero-order valence-corrected chi connectivity index (χ0v) is 9.77. The first-order valence-electron chi connectivity index (χ1n) is 4.34. The number of nitrogens with zero attached hydrogens (tertiary/aromatic N) is 1. The van der Waals surface area contributed by atoms with Gasteiger partial charge < -0.3 is 0 Å². The number of hydrogen-bond acceptors (Lipinski definition) is 3. The average Bonchev–Trinajstić information content (AvgIpc) is 2.92. The molecule has 0 spiro atoms. The first-order valence-corrected chi connectivity index (χ1v) is 5.95. The molecule has 5 heteroatoms. The van der Waals surface area contributed by atoms with Crippen molar-refractivity contribution >= 4 is 39.4 Å². The summed E-state index contributed by atoms with van der Waals surface area (Å²) in [6.45, 7) is 0. The molecule has 0 unspecified atom stereocenters. The fourth-order valence-electron chi connectivity index (χ4n) is 0.994. The number of nitrogens with one attached hydrogen (secondary N) is 1. The highest BCUT2D eigenvalue weighted by molar-refractivity contribution is 9.11. The first kappa shape index (κ1) is 9.86. The zero-order chi connectivity index (χ0) is 9.97. The maximum atomic E-state index is 11.2. The van der Waals surface area contributed by atoms with Crippen molar-refractivity contribution in [2.75, 3.05) is 0 Å². The third-order valence-electron chi connectivity index (χ3n) is 1.91. The summed E-state index contributed by atoms with van der Waals surface area (Å²) in [5, 5.41) is 3.88. The summed E-state index contributed by atoms with van der Waals surface area (Å²) in [5.41, 5.74) is 2.52. The van der Waals surface area contributed by atoms with Gasteiger partial charge in [0.1, 0.15) is 0 Å². The van der Waals surface area contributed by atoms with Crippen LogP contribution in [0, 0.1) is 5.92 Å². The molecule has 1 heterocycles. The highest BCUT2D eigenvalue weighted by Gasteiger charge is 2.29. The smallest absolute Gasteiger partial charge is 0.243 e. The second kappa shape index (κ2) is 4.23. The molecule has 1 fully saturated rings. The van der Waals surface area contributed by atoms with E-state index in [4.69, 9.17) is 0 Å². The van der Waals surface area contributed by atoms with Crippen molar-refractivity contribution in [3.8, 4) is 0 Å². The number of carbonyl (C=O) groups is 1. The first-order chi connectivity index (χ1) is 6.75. The molecule has 0 saturated heterocycles. The van der Waals surface area contributed by atoms with Crippen LogP contribution in [0.5, 0.6) is 0 Å². The van der Waals surface area contributed by atoms with Crippen molar-refractivity contribution in [1.82, 2.24) is 5.43 Å². The lowest BCUT2D eigenvalue weighted by Gasteiger charge is -1.93. The SMILES string of the molecule is O=C(N/N=C/c1ccc(Br)s1)C1CC1. The van der Waals surface area contributed by atoms with E-state index in [1.165, 1.54) is 0 Å². The van der Waals surface area contributed by atoms with Crippen LogP contribution < -0.4 is 5.43 Å². The van der Waals surface area contributed by atoms with Crippen LogP contribution in [0.3, 0.4) is 0 Å². The zero-order valence-electron chi connectivity index (χ0n) is 7.37. The van der Waals surface area contributed by atoms with Gasteiger partial charge in [-0.3, -0.25) is 4.79 Å². The van der Waals surface area contributed by atoms with Crippen molar-refractivity contribution in [3.63, 3.8) is 0 Å². The van der Waals surface area contributed by atoms with E-state index in [0.717, 1.165) is 21.5 Å². The van der Waals surface area contributed by atoms with Gasteiger partial charge in [0.05, 0.1) is 10.0 Å². The molecule has 1 aliphatic rings. The molecule has 74 valence electrons. The molecule has 0 bridgehead atoms. The minimum Gasteiger partial charge on any atom is -0.273 e. The Morgan fingerprint density at radius 1 is 1.64 bits per heavy atom. The summed E-state index contributed by atoms with van der Waals surface area (Å²) in [6.07, 6.45) is 3.67. The molecule has 2 rings (SSSR count). The Balaban J connectivity index is 1.84. The van der Waals surface area contributed by atoms with E-state index in [1.807, 2.05) is 12.1 Å². The molecule has 0 aromatic carbocycles. The van der Waals surface area contributed by atoms with Gasteiger partial charge in [-0.25, -0.2) is 5.43 Å². The van der Waals surface area contributed by atoms with Crippen LogP contribution >= 0.6 is 27.3 Å². The van der Waals surface area contributed by atoms with E-state index in [0.29, 0.717) is 0 Å². The fourth-order valence-corrected chi connectivity index (χ4v) is 2.29. The molecular weight excluding hydrogens is 264 g/mol. The quantitative estimate of drug-likeness (QED) is 0.666. The second-order valence-electron chi connectivity index (χ2n) is 3.15. The van der Waals surface area contributed by atoms with Crippen LogP contribution in [0.1, 0.15) is 17.7 Å². The summed E-state index contributed by atoms with van der Waals surface area (Å²) >= 11 is 4.94. The lowest BCUT2D eigenvalue weighted by atomic mass is 10.4. The van der Waals surface area contributed by atoms with Crippen LogP contribution in [0.15, 0.2) is 21.0 Å². The Morgan fingerprint density at radius 2 is 2.43 bits per heavy atom. The van der Waals surface area contributed by atoms with Crippen molar-refractivity contribution < 1.29 is 4.79 Å². The normalized spacial score (nSPS) is 16.1. The number of carbonyl (C=O) groups excluding carboxylic acids is 1. The fraction of sp³-hybridized carbons (Fsp3) is 0.333. The van der Waals surface area contributed by atoms with E-state index in [2.05, 4.69) is 26.5 Å². The topological polar surface area (TPSA) is 41.5 Å². The van der Waals surface area contributed by atoms with Crippen LogP contribution in [-0.4, -0.2) is 12.1 Å². The third kappa shape index (κ3) is 2.65. The minimum absolute atomic E-state index is 0.0388. The van der Waals surface area contributed by atoms with Crippen molar-refractivity contribution in [2.45, 2.75) is 12.8 Å². The minimum atomic E-state index is 0.0388. The van der Waals surface area contributed by atoms with E-state index >= 15 is 0 Å². The summed E-state index contributed by atoms with van der Waals surface area (Å²) < 4.78 is 1.06. The van der Waals surface area contributed by atoms with Gasteiger partial charge >= 0.3 is 0 Å². The molecule has 1 aromatic heterocycles. The Kier molecular flexibility index (Phi) is 2.98. The van der Waals surface area contributed by atoms with Gasteiger partial charge in [-0.1, -0.05) is 0 Å². The van der Waals surface area contributed by atoms with Crippen LogP contribution in [0.2, 0.25) is 0 Å². The molecule has 0 atom stereocenters. The molecule has 1 aromatic rings. The summed E-state index contributed by atoms with van der Waals surface area (Å²) in [6, 6.07) is 3.90. The standard InChI is InChI=1S/C9H9BrN2OS/c10-8-4-3-7(14-8)5-11-12-9(13)6-1-2-6/h3-6H,1-2H2,(H,12,13)/b11-5+. The van der Waals surface area contributed by atoms with Gasteiger partial charge in [-0.2, -0.15) is 5.10 Å². The van der Waals surface area contributed by atoms with Gasteiger partial charge in [0.25, 0.3) is 0 Å². The maximum absolute atomic E-state index is 11.2. The molecule has 1 N–H and O–H groups in total. The van der Waals surface area contributed by atoms with E-state index in [9.17, 15) is 4.79 Å². The molecule has 1 aliphatic carbocycles.